The third-order valence-corrected chi connectivity index (χ3v) is 2.66. The highest BCUT2D eigenvalue weighted by atomic mass is 16.5. The Morgan fingerprint density at radius 2 is 1.38 bits per heavy atom. The molecule has 0 bridgehead atoms. The Labute approximate surface area is 101 Å². The van der Waals surface area contributed by atoms with E-state index >= 15 is 0 Å². The van der Waals surface area contributed by atoms with Crippen molar-refractivity contribution < 1.29 is 9.47 Å². The molecule has 0 radical (unpaired) electrons. The van der Waals surface area contributed by atoms with Crippen LogP contribution in [0.5, 0.6) is 0 Å². The minimum absolute atomic E-state index is 0.0152. The van der Waals surface area contributed by atoms with Crippen molar-refractivity contribution >= 4 is 0 Å². The second-order valence-electron chi connectivity index (χ2n) is 5.50. The molecule has 16 heavy (non-hydrogen) atoms. The molecule has 0 fully saturated rings. The van der Waals surface area contributed by atoms with Gasteiger partial charge in [0.2, 0.25) is 0 Å². The van der Waals surface area contributed by atoms with Gasteiger partial charge in [-0.3, -0.25) is 0 Å². The molecule has 0 aliphatic rings. The van der Waals surface area contributed by atoms with Crippen LogP contribution in [0.1, 0.15) is 53.9 Å². The third-order valence-electron chi connectivity index (χ3n) is 2.66. The molecule has 0 aromatic carbocycles. The maximum Gasteiger partial charge on any atom is 0.0649 e. The summed E-state index contributed by atoms with van der Waals surface area (Å²) in [6.07, 6.45) is 3.15. The molecule has 0 aliphatic carbocycles. The fourth-order valence-corrected chi connectivity index (χ4v) is 1.65. The van der Waals surface area contributed by atoms with Crippen LogP contribution in [0.25, 0.3) is 0 Å². The van der Waals surface area contributed by atoms with Crippen LogP contribution in [-0.2, 0) is 9.47 Å². The van der Waals surface area contributed by atoms with E-state index in [1.54, 1.807) is 0 Å². The maximum absolute atomic E-state index is 5.87. The van der Waals surface area contributed by atoms with Crippen molar-refractivity contribution in [3.63, 3.8) is 0 Å². The van der Waals surface area contributed by atoms with Gasteiger partial charge in [0.25, 0.3) is 0 Å². The van der Waals surface area contributed by atoms with Crippen LogP contribution in [0.15, 0.2) is 0 Å². The summed E-state index contributed by atoms with van der Waals surface area (Å²) in [5.41, 5.74) is 5.26. The largest absolute Gasteiger partial charge is 0.375 e. The topological polar surface area (TPSA) is 44.5 Å². The van der Waals surface area contributed by atoms with Crippen molar-refractivity contribution in [2.75, 3.05) is 19.8 Å². The van der Waals surface area contributed by atoms with Crippen LogP contribution in [0.4, 0.5) is 0 Å². The van der Waals surface area contributed by atoms with E-state index in [0.717, 1.165) is 25.9 Å². The lowest BCUT2D eigenvalue weighted by Gasteiger charge is -2.29. The molecule has 98 valence electrons. The van der Waals surface area contributed by atoms with Crippen molar-refractivity contribution in [3.8, 4) is 0 Å². The number of nitrogens with two attached hydrogens (primary N) is 1. The van der Waals surface area contributed by atoms with Gasteiger partial charge in [-0.25, -0.2) is 0 Å². The van der Waals surface area contributed by atoms with Gasteiger partial charge < -0.3 is 15.2 Å². The Morgan fingerprint density at radius 3 is 1.88 bits per heavy atom. The standard InChI is InChI=1S/C13H29NO2/c1-6-7-12(2,3)15-10-8-13(4,5)16-11-9-14/h6-11,14H2,1-5H3. The zero-order valence-electron chi connectivity index (χ0n) is 11.6. The Morgan fingerprint density at radius 1 is 0.875 bits per heavy atom. The van der Waals surface area contributed by atoms with Gasteiger partial charge in [0.05, 0.1) is 24.4 Å². The first-order valence-corrected chi connectivity index (χ1v) is 6.31. The molecular formula is C13H29NO2. The van der Waals surface area contributed by atoms with E-state index in [1.165, 1.54) is 0 Å². The highest BCUT2D eigenvalue weighted by Crippen LogP contribution is 2.20. The van der Waals surface area contributed by atoms with Crippen LogP contribution in [0, 0.1) is 0 Å². The second kappa shape index (κ2) is 7.25. The van der Waals surface area contributed by atoms with Crippen molar-refractivity contribution in [3.05, 3.63) is 0 Å². The normalized spacial score (nSPS) is 13.1. The SMILES string of the molecule is CCCC(C)(C)OCCC(C)(C)OCCN. The molecule has 2 N–H and O–H groups in total. The smallest absolute Gasteiger partial charge is 0.0649 e. The quantitative estimate of drug-likeness (QED) is 0.663. The zero-order valence-corrected chi connectivity index (χ0v) is 11.6. The van der Waals surface area contributed by atoms with Crippen molar-refractivity contribution in [2.24, 2.45) is 5.73 Å². The minimum atomic E-state index is -0.137. The van der Waals surface area contributed by atoms with Crippen LogP contribution in [0.2, 0.25) is 0 Å². The Hall–Kier alpha value is -0.120. The first-order valence-electron chi connectivity index (χ1n) is 6.31. The van der Waals surface area contributed by atoms with Gasteiger partial charge in [0.1, 0.15) is 0 Å². The van der Waals surface area contributed by atoms with E-state index in [-0.39, 0.29) is 11.2 Å². The second-order valence-corrected chi connectivity index (χ2v) is 5.50. The Balaban J connectivity index is 3.78. The highest BCUT2D eigenvalue weighted by molar-refractivity contribution is 4.71. The van der Waals surface area contributed by atoms with E-state index in [0.29, 0.717) is 13.2 Å². The van der Waals surface area contributed by atoms with E-state index in [4.69, 9.17) is 15.2 Å². The summed E-state index contributed by atoms with van der Waals surface area (Å²) in [5.74, 6) is 0. The number of hydrogen-bond acceptors (Lipinski definition) is 3. The Bertz CT molecular complexity index is 179. The fourth-order valence-electron chi connectivity index (χ4n) is 1.65. The van der Waals surface area contributed by atoms with Gasteiger partial charge in [0, 0.05) is 6.54 Å². The van der Waals surface area contributed by atoms with Crippen molar-refractivity contribution in [2.45, 2.75) is 65.1 Å². The maximum atomic E-state index is 5.87. The molecule has 0 aliphatic heterocycles. The molecule has 0 unspecified atom stereocenters. The molecule has 0 amide bonds. The molecule has 0 saturated heterocycles. The summed E-state index contributed by atoms with van der Waals surface area (Å²) in [6, 6.07) is 0. The van der Waals surface area contributed by atoms with E-state index in [9.17, 15) is 0 Å². The monoisotopic (exact) mass is 231 g/mol. The lowest BCUT2D eigenvalue weighted by Crippen LogP contribution is -2.32. The molecule has 0 atom stereocenters. The molecular weight excluding hydrogens is 202 g/mol. The predicted molar refractivity (Wildman–Crippen MR) is 68.6 cm³/mol. The molecule has 0 spiro atoms. The third kappa shape index (κ3) is 8.08. The number of hydrogen-bond donors (Lipinski definition) is 1. The average molecular weight is 231 g/mol. The molecule has 0 rings (SSSR count). The van der Waals surface area contributed by atoms with E-state index in [1.807, 2.05) is 0 Å². The van der Waals surface area contributed by atoms with Crippen LogP contribution < -0.4 is 5.73 Å². The van der Waals surface area contributed by atoms with E-state index in [2.05, 4.69) is 34.6 Å². The van der Waals surface area contributed by atoms with Gasteiger partial charge in [-0.2, -0.15) is 0 Å². The van der Waals surface area contributed by atoms with Crippen molar-refractivity contribution in [1.29, 1.82) is 0 Å². The van der Waals surface area contributed by atoms with Crippen molar-refractivity contribution in [1.82, 2.24) is 0 Å². The lowest BCUT2D eigenvalue weighted by atomic mass is 10.0. The summed E-state index contributed by atoms with van der Waals surface area (Å²) in [7, 11) is 0. The molecule has 0 aromatic heterocycles. The first-order chi connectivity index (χ1) is 7.33. The minimum Gasteiger partial charge on any atom is -0.375 e. The van der Waals surface area contributed by atoms with Gasteiger partial charge in [-0.15, -0.1) is 0 Å². The predicted octanol–water partition coefficient (Wildman–Crippen LogP) is 2.73. The summed E-state index contributed by atoms with van der Waals surface area (Å²) < 4.78 is 11.5. The van der Waals surface area contributed by atoms with Gasteiger partial charge in [0.15, 0.2) is 0 Å². The first kappa shape index (κ1) is 15.9. The molecule has 3 nitrogen and oxygen atoms in total. The summed E-state index contributed by atoms with van der Waals surface area (Å²) in [5, 5.41) is 0. The number of rotatable bonds is 9. The highest BCUT2D eigenvalue weighted by Gasteiger charge is 2.21. The van der Waals surface area contributed by atoms with Crippen LogP contribution in [0.3, 0.4) is 0 Å². The van der Waals surface area contributed by atoms with Gasteiger partial charge in [-0.05, 0) is 40.5 Å². The lowest BCUT2D eigenvalue weighted by molar-refractivity contribution is -0.0727. The average Bonchev–Trinajstić information content (AvgIpc) is 2.14. The van der Waals surface area contributed by atoms with Crippen LogP contribution in [-0.4, -0.2) is 31.0 Å². The molecule has 0 saturated carbocycles. The molecule has 0 heterocycles. The van der Waals surface area contributed by atoms with Gasteiger partial charge in [-0.1, -0.05) is 13.3 Å². The summed E-state index contributed by atoms with van der Waals surface area (Å²) in [4.78, 5) is 0. The summed E-state index contributed by atoms with van der Waals surface area (Å²) in [6.45, 7) is 12.6. The number of ether oxygens (including phenoxy) is 2. The molecule has 0 aromatic rings. The Kier molecular flexibility index (Phi) is 7.20. The fraction of sp³-hybridized carbons (Fsp3) is 1.00. The van der Waals surface area contributed by atoms with Crippen LogP contribution >= 0.6 is 0 Å². The zero-order chi connectivity index (χ0) is 12.7. The van der Waals surface area contributed by atoms with Gasteiger partial charge >= 0.3 is 0 Å². The molecule has 3 heteroatoms. The van der Waals surface area contributed by atoms with E-state index < -0.39 is 0 Å². The summed E-state index contributed by atoms with van der Waals surface area (Å²) >= 11 is 0.